The maximum Gasteiger partial charge on any atom is 0.254 e. The first-order valence-corrected chi connectivity index (χ1v) is 10.7. The van der Waals surface area contributed by atoms with Crippen LogP contribution in [0.2, 0.25) is 0 Å². The van der Waals surface area contributed by atoms with E-state index in [1.54, 1.807) is 21.3 Å². The fourth-order valence-electron chi connectivity index (χ4n) is 4.55. The third-order valence-corrected chi connectivity index (χ3v) is 6.40. The van der Waals surface area contributed by atoms with Gasteiger partial charge in [0, 0.05) is 19.2 Å². The number of benzene rings is 2. The lowest BCUT2D eigenvalue weighted by Crippen LogP contribution is -2.46. The van der Waals surface area contributed by atoms with E-state index < -0.39 is 0 Å². The van der Waals surface area contributed by atoms with E-state index in [0.717, 1.165) is 39.6 Å². The molecule has 0 unspecified atom stereocenters. The molecule has 1 aliphatic rings. The van der Waals surface area contributed by atoms with Crippen molar-refractivity contribution in [3.8, 4) is 11.5 Å². The summed E-state index contributed by atoms with van der Waals surface area (Å²) in [7, 11) is 5.05. The standard InChI is InChI=1S/C24H27N3O3S/c1-13-8-14(2)21-16(9-13)10-18(23(28)26-21)22-17-12-20(30-5)19(29-4)11-15(17)6-7-27(22)24(31)25-3/h8-12,22H,6-7H2,1-5H3,(H,25,31)(H,26,28)/t22-/m1/s1. The molecule has 2 aromatic carbocycles. The predicted molar refractivity (Wildman–Crippen MR) is 127 cm³/mol. The minimum Gasteiger partial charge on any atom is -0.493 e. The average molecular weight is 438 g/mol. The third kappa shape index (κ3) is 3.63. The summed E-state index contributed by atoms with van der Waals surface area (Å²) in [5, 5.41) is 4.69. The van der Waals surface area contributed by atoms with Gasteiger partial charge in [-0.2, -0.15) is 0 Å². The molecule has 6 nitrogen and oxygen atoms in total. The number of rotatable bonds is 3. The molecular formula is C24H27N3O3S. The molecule has 0 saturated heterocycles. The molecule has 2 N–H and O–H groups in total. The van der Waals surface area contributed by atoms with Gasteiger partial charge in [-0.15, -0.1) is 0 Å². The topological polar surface area (TPSA) is 66.6 Å². The summed E-state index contributed by atoms with van der Waals surface area (Å²) in [6, 6.07) is 9.81. The van der Waals surface area contributed by atoms with E-state index in [1.165, 1.54) is 0 Å². The zero-order valence-corrected chi connectivity index (χ0v) is 19.3. The van der Waals surface area contributed by atoms with Crippen LogP contribution in [0.1, 0.15) is 33.9 Å². The van der Waals surface area contributed by atoms with Gasteiger partial charge in [0.2, 0.25) is 0 Å². The van der Waals surface area contributed by atoms with Crippen molar-refractivity contribution in [1.29, 1.82) is 0 Å². The molecule has 162 valence electrons. The van der Waals surface area contributed by atoms with E-state index in [2.05, 4.69) is 34.3 Å². The summed E-state index contributed by atoms with van der Waals surface area (Å²) in [5.74, 6) is 1.32. The molecule has 4 rings (SSSR count). The van der Waals surface area contributed by atoms with Gasteiger partial charge in [0.25, 0.3) is 5.56 Å². The minimum atomic E-state index is -0.336. The molecule has 31 heavy (non-hydrogen) atoms. The van der Waals surface area contributed by atoms with Crippen molar-refractivity contribution in [2.75, 3.05) is 27.8 Å². The molecule has 0 bridgehead atoms. The van der Waals surface area contributed by atoms with E-state index in [4.69, 9.17) is 21.7 Å². The van der Waals surface area contributed by atoms with Crippen LogP contribution in [0.25, 0.3) is 10.9 Å². The van der Waals surface area contributed by atoms with Crippen molar-refractivity contribution in [1.82, 2.24) is 15.2 Å². The smallest absolute Gasteiger partial charge is 0.254 e. The lowest BCUT2D eigenvalue weighted by Gasteiger charge is -2.39. The second kappa shape index (κ2) is 8.23. The highest BCUT2D eigenvalue weighted by Crippen LogP contribution is 2.40. The maximum atomic E-state index is 13.3. The number of aromatic amines is 1. The monoisotopic (exact) mass is 437 g/mol. The first kappa shape index (κ1) is 21.2. The summed E-state index contributed by atoms with van der Waals surface area (Å²) in [4.78, 5) is 18.5. The Balaban J connectivity index is 1.99. The number of aromatic nitrogens is 1. The molecule has 0 spiro atoms. The Morgan fingerprint density at radius 3 is 2.48 bits per heavy atom. The zero-order chi connectivity index (χ0) is 22.3. The molecule has 0 radical (unpaired) electrons. The van der Waals surface area contributed by atoms with Crippen LogP contribution in [0.5, 0.6) is 11.5 Å². The molecule has 3 aromatic rings. The number of nitrogens with zero attached hydrogens (tertiary/aromatic N) is 1. The summed E-state index contributed by atoms with van der Waals surface area (Å²) in [6.07, 6.45) is 0.789. The molecular weight excluding hydrogens is 410 g/mol. The van der Waals surface area contributed by atoms with Gasteiger partial charge in [0.15, 0.2) is 16.6 Å². The highest BCUT2D eigenvalue weighted by atomic mass is 32.1. The van der Waals surface area contributed by atoms with Crippen LogP contribution >= 0.6 is 12.2 Å². The van der Waals surface area contributed by atoms with Crippen LogP contribution in [0, 0.1) is 13.8 Å². The normalized spacial score (nSPS) is 15.5. The van der Waals surface area contributed by atoms with E-state index in [9.17, 15) is 4.79 Å². The lowest BCUT2D eigenvalue weighted by atomic mass is 9.87. The second-order valence-corrected chi connectivity index (χ2v) is 8.29. The molecule has 1 aliphatic heterocycles. The van der Waals surface area contributed by atoms with Crippen LogP contribution in [0.3, 0.4) is 0 Å². The maximum absolute atomic E-state index is 13.3. The van der Waals surface area contributed by atoms with Gasteiger partial charge in [-0.1, -0.05) is 11.6 Å². The van der Waals surface area contributed by atoms with Gasteiger partial charge in [-0.25, -0.2) is 0 Å². The number of methoxy groups -OCH3 is 2. The van der Waals surface area contributed by atoms with Crippen LogP contribution in [0.15, 0.2) is 35.1 Å². The fraction of sp³-hybridized carbons (Fsp3) is 0.333. The van der Waals surface area contributed by atoms with Crippen LogP contribution in [-0.2, 0) is 6.42 Å². The SMILES string of the molecule is CNC(=S)N1CCc2cc(OC)c(OC)cc2[C@@H]1c1cc2cc(C)cc(C)c2[nH]c1=O. The van der Waals surface area contributed by atoms with Crippen LogP contribution in [0.4, 0.5) is 0 Å². The summed E-state index contributed by atoms with van der Waals surface area (Å²) in [5.41, 5.74) is 5.73. The highest BCUT2D eigenvalue weighted by Gasteiger charge is 2.33. The van der Waals surface area contributed by atoms with Crippen molar-refractivity contribution in [2.24, 2.45) is 0 Å². The number of fused-ring (bicyclic) bond motifs is 2. The Bertz CT molecular complexity index is 1230. The number of pyridine rings is 1. The first-order chi connectivity index (χ1) is 14.9. The fourth-order valence-corrected chi connectivity index (χ4v) is 4.75. The zero-order valence-electron chi connectivity index (χ0n) is 18.5. The van der Waals surface area contributed by atoms with Gasteiger partial charge in [-0.05, 0) is 78.8 Å². The molecule has 0 amide bonds. The molecule has 0 aliphatic carbocycles. The second-order valence-electron chi connectivity index (χ2n) is 7.91. The van der Waals surface area contributed by atoms with Crippen LogP contribution in [-0.4, -0.2) is 42.8 Å². The van der Waals surface area contributed by atoms with Gasteiger partial charge < -0.3 is 24.7 Å². The third-order valence-electron chi connectivity index (χ3n) is 5.97. The number of aryl methyl sites for hydroxylation is 2. The van der Waals surface area contributed by atoms with Crippen molar-refractivity contribution in [2.45, 2.75) is 26.3 Å². The summed E-state index contributed by atoms with van der Waals surface area (Å²) in [6.45, 7) is 4.77. The van der Waals surface area contributed by atoms with Gasteiger partial charge >= 0.3 is 0 Å². The summed E-state index contributed by atoms with van der Waals surface area (Å²) < 4.78 is 11.1. The highest BCUT2D eigenvalue weighted by molar-refractivity contribution is 7.80. The van der Waals surface area contributed by atoms with Crippen molar-refractivity contribution < 1.29 is 9.47 Å². The van der Waals surface area contributed by atoms with E-state index in [-0.39, 0.29) is 11.6 Å². The van der Waals surface area contributed by atoms with Gasteiger partial charge in [0.05, 0.1) is 25.8 Å². The number of thiocarbonyl (C=S) groups is 1. The molecule has 0 fully saturated rings. The van der Waals surface area contributed by atoms with Gasteiger partial charge in [-0.3, -0.25) is 4.79 Å². The quantitative estimate of drug-likeness (QED) is 0.610. The lowest BCUT2D eigenvalue weighted by molar-refractivity contribution is 0.324. The Morgan fingerprint density at radius 2 is 1.81 bits per heavy atom. The van der Waals surface area contributed by atoms with E-state index >= 15 is 0 Å². The Labute approximate surface area is 187 Å². The van der Waals surface area contributed by atoms with E-state index in [0.29, 0.717) is 28.7 Å². The average Bonchev–Trinajstić information content (AvgIpc) is 2.77. The van der Waals surface area contributed by atoms with Crippen molar-refractivity contribution in [3.05, 3.63) is 68.5 Å². The predicted octanol–water partition coefficient (Wildman–Crippen LogP) is 3.61. The van der Waals surface area contributed by atoms with Gasteiger partial charge in [0.1, 0.15) is 0 Å². The minimum absolute atomic E-state index is 0.115. The molecule has 2 heterocycles. The number of nitrogens with one attached hydrogen (secondary N) is 2. The number of hydrogen-bond donors (Lipinski definition) is 2. The Kier molecular flexibility index (Phi) is 5.62. The van der Waals surface area contributed by atoms with E-state index in [1.807, 2.05) is 25.1 Å². The molecule has 1 aromatic heterocycles. The Hall–Kier alpha value is -3.06. The number of hydrogen-bond acceptors (Lipinski definition) is 4. The number of H-pyrrole nitrogens is 1. The largest absolute Gasteiger partial charge is 0.493 e. The first-order valence-electron chi connectivity index (χ1n) is 10.2. The molecule has 7 heteroatoms. The summed E-state index contributed by atoms with van der Waals surface area (Å²) >= 11 is 5.62. The van der Waals surface area contributed by atoms with Crippen molar-refractivity contribution >= 4 is 28.2 Å². The van der Waals surface area contributed by atoms with Crippen LogP contribution < -0.4 is 20.3 Å². The van der Waals surface area contributed by atoms with Crippen molar-refractivity contribution in [3.63, 3.8) is 0 Å². The molecule has 1 atom stereocenters. The number of ether oxygens (including phenoxy) is 2. The Morgan fingerprint density at radius 1 is 1.10 bits per heavy atom. The molecule has 0 saturated carbocycles.